The lowest BCUT2D eigenvalue weighted by molar-refractivity contribution is -0.117. The maximum absolute atomic E-state index is 12.1. The highest BCUT2D eigenvalue weighted by Gasteiger charge is 2.18. The minimum atomic E-state index is -0.104. The molecule has 2 aromatic heterocycles. The summed E-state index contributed by atoms with van der Waals surface area (Å²) in [5.74, 6) is 1.26. The number of likely N-dealkylation sites (N-methyl/N-ethyl adjacent to an activating group) is 1. The molecular formula is C15H22N4O2S. The van der Waals surface area contributed by atoms with Crippen LogP contribution in [0.2, 0.25) is 0 Å². The van der Waals surface area contributed by atoms with Gasteiger partial charge in [-0.3, -0.25) is 15.0 Å². The number of carbonyl (C=O) groups is 1. The average Bonchev–Trinajstić information content (AvgIpc) is 3.08. The molecule has 1 unspecified atom stereocenters. The Morgan fingerprint density at radius 3 is 2.82 bits per heavy atom. The lowest BCUT2D eigenvalue weighted by Crippen LogP contribution is -2.32. The van der Waals surface area contributed by atoms with Crippen LogP contribution in [-0.2, 0) is 11.2 Å². The zero-order valence-corrected chi connectivity index (χ0v) is 14.2. The number of nitrogens with one attached hydrogen (secondary N) is 1. The molecule has 0 saturated heterocycles. The van der Waals surface area contributed by atoms with Crippen LogP contribution in [0.15, 0.2) is 22.8 Å². The first-order valence-electron chi connectivity index (χ1n) is 7.31. The number of hydrogen-bond donors (Lipinski definition) is 1. The highest BCUT2D eigenvalue weighted by molar-refractivity contribution is 7.15. The van der Waals surface area contributed by atoms with E-state index in [9.17, 15) is 4.79 Å². The SMILES string of the molecule is CC(C)Cc1nnc(NC(=O)CN(C)C(C)c2ccco2)s1. The van der Waals surface area contributed by atoms with Crippen LogP contribution in [0, 0.1) is 5.92 Å². The molecule has 2 aromatic rings. The summed E-state index contributed by atoms with van der Waals surface area (Å²) >= 11 is 1.43. The van der Waals surface area contributed by atoms with Crippen LogP contribution in [0.1, 0.15) is 37.6 Å². The minimum absolute atomic E-state index is 0.0340. The molecular weight excluding hydrogens is 300 g/mol. The normalized spacial score (nSPS) is 12.8. The second kappa shape index (κ2) is 7.51. The van der Waals surface area contributed by atoms with Crippen molar-refractivity contribution >= 4 is 22.4 Å². The number of amides is 1. The van der Waals surface area contributed by atoms with Crippen molar-refractivity contribution in [2.45, 2.75) is 33.2 Å². The topological polar surface area (TPSA) is 71.3 Å². The summed E-state index contributed by atoms with van der Waals surface area (Å²) in [4.78, 5) is 14.0. The first-order chi connectivity index (χ1) is 10.5. The summed E-state index contributed by atoms with van der Waals surface area (Å²) in [5, 5.41) is 12.4. The smallest absolute Gasteiger partial charge is 0.240 e. The number of aromatic nitrogens is 2. The Morgan fingerprint density at radius 1 is 1.41 bits per heavy atom. The summed E-state index contributed by atoms with van der Waals surface area (Å²) in [5.41, 5.74) is 0. The van der Waals surface area contributed by atoms with Gasteiger partial charge in [0.25, 0.3) is 0 Å². The van der Waals surface area contributed by atoms with E-state index in [2.05, 4.69) is 29.4 Å². The fourth-order valence-corrected chi connectivity index (χ4v) is 2.97. The zero-order chi connectivity index (χ0) is 16.1. The van der Waals surface area contributed by atoms with Gasteiger partial charge in [0.05, 0.1) is 18.8 Å². The minimum Gasteiger partial charge on any atom is -0.468 e. The summed E-state index contributed by atoms with van der Waals surface area (Å²) in [6.07, 6.45) is 2.51. The number of carbonyl (C=O) groups excluding carboxylic acids is 1. The van der Waals surface area contributed by atoms with Crippen molar-refractivity contribution in [3.05, 3.63) is 29.2 Å². The van der Waals surface area contributed by atoms with Crippen LogP contribution >= 0.6 is 11.3 Å². The van der Waals surface area contributed by atoms with Crippen molar-refractivity contribution in [2.75, 3.05) is 18.9 Å². The number of rotatable bonds is 7. The number of anilines is 1. The standard InChI is InChI=1S/C15H22N4O2S/c1-10(2)8-14-17-18-15(22-14)16-13(20)9-19(4)11(3)12-6-5-7-21-12/h5-7,10-11H,8-9H2,1-4H3,(H,16,18,20). The Labute approximate surface area is 134 Å². The first kappa shape index (κ1) is 16.6. The van der Waals surface area contributed by atoms with Gasteiger partial charge < -0.3 is 4.42 Å². The van der Waals surface area contributed by atoms with Gasteiger partial charge >= 0.3 is 0 Å². The monoisotopic (exact) mass is 322 g/mol. The number of furan rings is 1. The quantitative estimate of drug-likeness (QED) is 0.848. The molecule has 0 spiro atoms. The second-order valence-corrected chi connectivity index (χ2v) is 6.82. The Hall–Kier alpha value is -1.73. The molecule has 2 rings (SSSR count). The molecule has 0 saturated carbocycles. The molecule has 1 N–H and O–H groups in total. The highest BCUT2D eigenvalue weighted by Crippen LogP contribution is 2.20. The molecule has 0 aliphatic carbocycles. The van der Waals surface area contributed by atoms with Gasteiger partial charge in [0.1, 0.15) is 10.8 Å². The molecule has 120 valence electrons. The van der Waals surface area contributed by atoms with Gasteiger partial charge in [0.2, 0.25) is 11.0 Å². The molecule has 0 aliphatic rings. The van der Waals surface area contributed by atoms with Crippen molar-refractivity contribution in [1.29, 1.82) is 0 Å². The maximum atomic E-state index is 12.1. The maximum Gasteiger partial charge on any atom is 0.240 e. The van der Waals surface area contributed by atoms with E-state index in [1.165, 1.54) is 11.3 Å². The van der Waals surface area contributed by atoms with Crippen LogP contribution < -0.4 is 5.32 Å². The molecule has 2 heterocycles. The van der Waals surface area contributed by atoms with E-state index >= 15 is 0 Å². The van der Waals surface area contributed by atoms with Crippen LogP contribution in [0.3, 0.4) is 0 Å². The van der Waals surface area contributed by atoms with E-state index in [1.54, 1.807) is 6.26 Å². The van der Waals surface area contributed by atoms with E-state index in [4.69, 9.17) is 4.42 Å². The van der Waals surface area contributed by atoms with E-state index < -0.39 is 0 Å². The van der Waals surface area contributed by atoms with Crippen molar-refractivity contribution in [1.82, 2.24) is 15.1 Å². The summed E-state index contributed by atoms with van der Waals surface area (Å²) in [7, 11) is 1.89. The van der Waals surface area contributed by atoms with Gasteiger partial charge in [0.15, 0.2) is 0 Å². The lowest BCUT2D eigenvalue weighted by atomic mass is 10.1. The predicted molar refractivity (Wildman–Crippen MR) is 86.8 cm³/mol. The fourth-order valence-electron chi connectivity index (χ4n) is 2.00. The van der Waals surface area contributed by atoms with Crippen LogP contribution in [0.5, 0.6) is 0 Å². The third-order valence-electron chi connectivity index (χ3n) is 3.31. The molecule has 0 aliphatic heterocycles. The Bertz CT molecular complexity index is 594. The van der Waals surface area contributed by atoms with Crippen molar-refractivity contribution < 1.29 is 9.21 Å². The van der Waals surface area contributed by atoms with Crippen LogP contribution in [0.25, 0.3) is 0 Å². The van der Waals surface area contributed by atoms with E-state index in [-0.39, 0.29) is 18.5 Å². The molecule has 0 fully saturated rings. The Balaban J connectivity index is 1.85. The van der Waals surface area contributed by atoms with Gasteiger partial charge in [-0.15, -0.1) is 10.2 Å². The second-order valence-electron chi connectivity index (χ2n) is 5.75. The van der Waals surface area contributed by atoms with Gasteiger partial charge in [-0.2, -0.15) is 0 Å². The van der Waals surface area contributed by atoms with E-state index in [0.717, 1.165) is 17.2 Å². The molecule has 1 atom stereocenters. The fraction of sp³-hybridized carbons (Fsp3) is 0.533. The van der Waals surface area contributed by atoms with Gasteiger partial charge in [-0.25, -0.2) is 0 Å². The van der Waals surface area contributed by atoms with Crippen molar-refractivity contribution in [3.8, 4) is 0 Å². The largest absolute Gasteiger partial charge is 0.468 e. The molecule has 6 nitrogen and oxygen atoms in total. The molecule has 0 bridgehead atoms. The van der Waals surface area contributed by atoms with Crippen LogP contribution in [-0.4, -0.2) is 34.6 Å². The highest BCUT2D eigenvalue weighted by atomic mass is 32.1. The summed E-state index contributed by atoms with van der Waals surface area (Å²) in [6, 6.07) is 3.78. The van der Waals surface area contributed by atoms with E-state index in [0.29, 0.717) is 11.0 Å². The molecule has 1 amide bonds. The predicted octanol–water partition coefficient (Wildman–Crippen LogP) is 2.96. The summed E-state index contributed by atoms with van der Waals surface area (Å²) in [6.45, 7) is 6.52. The summed E-state index contributed by atoms with van der Waals surface area (Å²) < 4.78 is 5.36. The molecule has 0 radical (unpaired) electrons. The molecule has 0 aromatic carbocycles. The molecule has 22 heavy (non-hydrogen) atoms. The van der Waals surface area contributed by atoms with Crippen LogP contribution in [0.4, 0.5) is 5.13 Å². The average molecular weight is 322 g/mol. The third-order valence-corrected chi connectivity index (χ3v) is 4.17. The lowest BCUT2D eigenvalue weighted by Gasteiger charge is -2.21. The van der Waals surface area contributed by atoms with Gasteiger partial charge in [-0.1, -0.05) is 25.2 Å². The zero-order valence-electron chi connectivity index (χ0n) is 13.4. The van der Waals surface area contributed by atoms with E-state index in [1.807, 2.05) is 31.0 Å². The third kappa shape index (κ3) is 4.64. The Morgan fingerprint density at radius 2 is 2.18 bits per heavy atom. The van der Waals surface area contributed by atoms with Gasteiger partial charge in [-0.05, 0) is 32.0 Å². The Kier molecular flexibility index (Phi) is 5.68. The number of hydrogen-bond acceptors (Lipinski definition) is 6. The molecule has 7 heteroatoms. The van der Waals surface area contributed by atoms with Crippen molar-refractivity contribution in [2.24, 2.45) is 5.92 Å². The number of nitrogens with zero attached hydrogens (tertiary/aromatic N) is 3. The van der Waals surface area contributed by atoms with Crippen molar-refractivity contribution in [3.63, 3.8) is 0 Å². The first-order valence-corrected chi connectivity index (χ1v) is 8.13. The van der Waals surface area contributed by atoms with Gasteiger partial charge in [0, 0.05) is 6.42 Å².